The third kappa shape index (κ3) is 7.64. The Hall–Kier alpha value is -3.91. The van der Waals surface area contributed by atoms with E-state index in [-0.39, 0.29) is 41.0 Å². The molecule has 0 bridgehead atoms. The lowest BCUT2D eigenvalue weighted by atomic mass is 9.72. The smallest absolute Gasteiger partial charge is 0.202 e. The summed E-state index contributed by atoms with van der Waals surface area (Å²) in [5, 5.41) is 63.2. The normalized spacial score (nSPS) is 24.3. The number of rotatable bonds is 5. The molecule has 14 nitrogen and oxygen atoms in total. The third-order valence-corrected chi connectivity index (χ3v) is 8.11. The van der Waals surface area contributed by atoms with E-state index in [1.54, 1.807) is 0 Å². The Morgan fingerprint density at radius 3 is 2.23 bits per heavy atom. The second-order valence-corrected chi connectivity index (χ2v) is 10.9. The van der Waals surface area contributed by atoms with Gasteiger partial charge in [-0.1, -0.05) is 12.1 Å². The Bertz CT molecular complexity index is 1450. The molecule has 0 saturated carbocycles. The number of hydrogen-bond acceptors (Lipinski definition) is 14. The van der Waals surface area contributed by atoms with E-state index < -0.39 is 83.5 Å². The van der Waals surface area contributed by atoms with Crippen molar-refractivity contribution >= 4 is 17.3 Å². The highest BCUT2D eigenvalue weighted by Crippen LogP contribution is 2.52. The molecule has 0 radical (unpaired) electrons. The van der Waals surface area contributed by atoms with E-state index in [0.717, 1.165) is 33.4 Å². The SMILES string of the molecule is C#C.C1COCCN1.CO.COc1cccc2c1C(=O)c1c(O)c3c(c(O)c1C2=O)C[C@@](O)(C(=O)CO)C[C@@H]3O[C@H]1CC[C@H](O)CO1. The predicted octanol–water partition coefficient (Wildman–Crippen LogP) is 0.140. The number of fused-ring (bicyclic) bond motifs is 3. The molecule has 2 saturated heterocycles. The molecule has 2 fully saturated rings. The van der Waals surface area contributed by atoms with Crippen LogP contribution in [0.5, 0.6) is 17.2 Å². The van der Waals surface area contributed by atoms with Crippen LogP contribution in [0.4, 0.5) is 0 Å². The van der Waals surface area contributed by atoms with Gasteiger partial charge in [0.15, 0.2) is 17.9 Å². The number of phenolic OH excluding ortho intramolecular Hbond substituents is 2. The van der Waals surface area contributed by atoms with Gasteiger partial charge in [-0.3, -0.25) is 14.4 Å². The molecule has 4 aliphatic rings. The van der Waals surface area contributed by atoms with Gasteiger partial charge in [-0.2, -0.15) is 0 Å². The maximum Gasteiger partial charge on any atom is 0.202 e. The molecule has 2 heterocycles. The number of phenols is 2. The Labute approximate surface area is 271 Å². The second kappa shape index (κ2) is 16.8. The summed E-state index contributed by atoms with van der Waals surface area (Å²) in [6, 6.07) is 4.39. The van der Waals surface area contributed by atoms with Crippen molar-refractivity contribution in [3.63, 3.8) is 0 Å². The predicted molar refractivity (Wildman–Crippen MR) is 166 cm³/mol. The molecule has 2 aromatic carbocycles. The molecule has 0 unspecified atom stereocenters. The maximum atomic E-state index is 13.6. The van der Waals surface area contributed by atoms with E-state index in [1.165, 1.54) is 25.3 Å². The maximum absolute atomic E-state index is 13.6. The van der Waals surface area contributed by atoms with Gasteiger partial charge < -0.3 is 54.9 Å². The first-order valence-corrected chi connectivity index (χ1v) is 14.9. The fourth-order valence-corrected chi connectivity index (χ4v) is 5.91. The van der Waals surface area contributed by atoms with Gasteiger partial charge in [0.1, 0.15) is 29.5 Å². The standard InChI is InChI=1S/C26H26O11.C4H9NO.C2H2.CH4O/c1-35-14-4-2-3-12-18(14)24(32)21-20(22(12)30)23(31)13-7-26(34,16(29)9-27)8-15(19(13)25(21)33)37-17-6-5-11(28)10-36-17;1-3-6-4-2-5-1;2*1-2/h2-4,11,15,17,27-28,31,33-34H,5-10H2,1H3;5H,1-4H2;1-2H;2H,1H3/t11-,15-,17-,26-;;;/m0.../s1. The van der Waals surface area contributed by atoms with Crippen LogP contribution >= 0.6 is 0 Å². The minimum Gasteiger partial charge on any atom is -0.507 e. The molecule has 256 valence electrons. The van der Waals surface area contributed by atoms with E-state index in [0.29, 0.717) is 6.42 Å². The van der Waals surface area contributed by atoms with Crippen LogP contribution < -0.4 is 10.1 Å². The topological polar surface area (TPSA) is 222 Å². The summed E-state index contributed by atoms with van der Waals surface area (Å²) in [6.07, 6.45) is 4.83. The summed E-state index contributed by atoms with van der Waals surface area (Å²) in [4.78, 5) is 39.5. The quantitative estimate of drug-likeness (QED) is 0.143. The van der Waals surface area contributed by atoms with Gasteiger partial charge in [-0.05, 0) is 12.5 Å². The second-order valence-electron chi connectivity index (χ2n) is 10.9. The van der Waals surface area contributed by atoms with Crippen molar-refractivity contribution in [1.82, 2.24) is 5.32 Å². The molecule has 7 N–H and O–H groups in total. The van der Waals surface area contributed by atoms with Crippen LogP contribution in [0.15, 0.2) is 18.2 Å². The largest absolute Gasteiger partial charge is 0.507 e. The monoisotopic (exact) mass is 659 g/mol. The van der Waals surface area contributed by atoms with Crippen molar-refractivity contribution in [3.05, 3.63) is 51.6 Å². The molecule has 6 rings (SSSR count). The number of ether oxygens (including phenoxy) is 4. The number of aromatic hydroxyl groups is 2. The van der Waals surface area contributed by atoms with Crippen LogP contribution in [0.1, 0.15) is 68.3 Å². The Balaban J connectivity index is 0.000000526. The number of terminal acetylenes is 1. The number of nitrogens with one attached hydrogen (secondary N) is 1. The number of carbonyl (C=O) groups is 3. The average Bonchev–Trinajstić information content (AvgIpc) is 3.11. The number of aliphatic hydroxyl groups excluding tert-OH is 3. The third-order valence-electron chi connectivity index (χ3n) is 8.11. The first kappa shape index (κ1) is 37.5. The number of morpholine rings is 1. The highest BCUT2D eigenvalue weighted by Gasteiger charge is 2.49. The lowest BCUT2D eigenvalue weighted by Gasteiger charge is -2.40. The van der Waals surface area contributed by atoms with Crippen molar-refractivity contribution in [1.29, 1.82) is 0 Å². The number of ketones is 3. The van der Waals surface area contributed by atoms with Crippen molar-refractivity contribution in [2.24, 2.45) is 0 Å². The molecule has 2 aromatic rings. The summed E-state index contributed by atoms with van der Waals surface area (Å²) in [5.74, 6) is -3.63. The van der Waals surface area contributed by atoms with Gasteiger partial charge >= 0.3 is 0 Å². The zero-order valence-corrected chi connectivity index (χ0v) is 26.2. The van der Waals surface area contributed by atoms with E-state index in [4.69, 9.17) is 24.1 Å². The van der Waals surface area contributed by atoms with Gasteiger partial charge in [-0.15, -0.1) is 12.8 Å². The van der Waals surface area contributed by atoms with Crippen molar-refractivity contribution in [2.45, 2.75) is 49.8 Å². The van der Waals surface area contributed by atoms with Crippen LogP contribution in [0.3, 0.4) is 0 Å². The van der Waals surface area contributed by atoms with E-state index >= 15 is 0 Å². The minimum absolute atomic E-state index is 0.0188. The highest BCUT2D eigenvalue weighted by molar-refractivity contribution is 6.31. The van der Waals surface area contributed by atoms with Crippen LogP contribution in [0.2, 0.25) is 0 Å². The highest BCUT2D eigenvalue weighted by atomic mass is 16.7. The van der Waals surface area contributed by atoms with E-state index in [1.807, 2.05) is 0 Å². The zero-order chi connectivity index (χ0) is 34.9. The Morgan fingerprint density at radius 1 is 1.04 bits per heavy atom. The fraction of sp³-hybridized carbons (Fsp3) is 0.485. The first-order valence-electron chi connectivity index (χ1n) is 14.9. The number of aliphatic hydroxyl groups is 4. The number of carbonyl (C=O) groups excluding carboxylic acids is 3. The van der Waals surface area contributed by atoms with Gasteiger partial charge in [0.25, 0.3) is 0 Å². The summed E-state index contributed by atoms with van der Waals surface area (Å²) in [5.41, 5.74) is -3.42. The fourth-order valence-electron chi connectivity index (χ4n) is 5.91. The van der Waals surface area contributed by atoms with Gasteiger partial charge in [0, 0.05) is 56.2 Å². The number of benzene rings is 2. The molecule has 0 amide bonds. The van der Waals surface area contributed by atoms with Crippen molar-refractivity contribution in [3.8, 4) is 30.1 Å². The molecule has 47 heavy (non-hydrogen) atoms. The molecule has 0 aromatic heterocycles. The van der Waals surface area contributed by atoms with Gasteiger partial charge in [0.2, 0.25) is 5.78 Å². The van der Waals surface area contributed by atoms with Gasteiger partial charge in [-0.25, -0.2) is 0 Å². The molecular formula is C33H41NO13. The van der Waals surface area contributed by atoms with Crippen LogP contribution in [0.25, 0.3) is 0 Å². The molecule has 2 aliphatic heterocycles. The van der Waals surface area contributed by atoms with E-state index in [2.05, 4.69) is 18.2 Å². The summed E-state index contributed by atoms with van der Waals surface area (Å²) < 4.78 is 21.7. The molecule has 2 aliphatic carbocycles. The Morgan fingerprint density at radius 2 is 1.70 bits per heavy atom. The van der Waals surface area contributed by atoms with Crippen molar-refractivity contribution < 1.29 is 64.0 Å². The van der Waals surface area contributed by atoms with Crippen molar-refractivity contribution in [2.75, 3.05) is 53.7 Å². The summed E-state index contributed by atoms with van der Waals surface area (Å²) in [7, 11) is 2.33. The summed E-state index contributed by atoms with van der Waals surface area (Å²) in [6.45, 7) is 2.82. The molecule has 0 spiro atoms. The number of hydrogen-bond donors (Lipinski definition) is 7. The van der Waals surface area contributed by atoms with E-state index in [9.17, 15) is 39.9 Å². The Kier molecular flexibility index (Phi) is 13.4. The summed E-state index contributed by atoms with van der Waals surface area (Å²) >= 11 is 0. The number of Topliss-reactive ketones (excluding diaryl/α,β-unsaturated/α-hetero) is 1. The molecule has 4 atom stereocenters. The first-order chi connectivity index (χ1) is 22.6. The van der Waals surface area contributed by atoms with Crippen LogP contribution in [-0.2, 0) is 25.4 Å². The molecular weight excluding hydrogens is 618 g/mol. The zero-order valence-electron chi connectivity index (χ0n) is 26.2. The molecule has 14 heteroatoms. The van der Waals surface area contributed by atoms with Crippen LogP contribution in [-0.4, -0.2) is 120 Å². The van der Waals surface area contributed by atoms with Crippen LogP contribution in [0, 0.1) is 12.8 Å². The lowest BCUT2D eigenvalue weighted by molar-refractivity contribution is -0.219. The van der Waals surface area contributed by atoms with Gasteiger partial charge in [0.05, 0.1) is 55.8 Å². The average molecular weight is 660 g/mol. The minimum atomic E-state index is -2.19. The number of methoxy groups -OCH3 is 1. The lowest BCUT2D eigenvalue weighted by Crippen LogP contribution is -2.48.